The Bertz CT molecular complexity index is 865. The standard InChI is InChI=1S/C17H15F3N4O2/c1-9-3-8-12-14(21-9)24(2)13(23-15(12)25)10-4-6-11(7-5-10)22-16(26)17(18,19)20/h3-8,13H,1-2H3,(H,22,26)(H,23,25). The summed E-state index contributed by atoms with van der Waals surface area (Å²) < 4.78 is 36.9. The van der Waals surface area contributed by atoms with Crippen molar-refractivity contribution >= 4 is 23.3 Å². The van der Waals surface area contributed by atoms with Crippen LogP contribution >= 0.6 is 0 Å². The minimum atomic E-state index is -4.95. The monoisotopic (exact) mass is 364 g/mol. The summed E-state index contributed by atoms with van der Waals surface area (Å²) in [6.45, 7) is 1.81. The molecule has 1 unspecified atom stereocenters. The Kier molecular flexibility index (Phi) is 4.31. The number of alkyl halides is 3. The van der Waals surface area contributed by atoms with Gasteiger partial charge in [0.25, 0.3) is 5.91 Å². The van der Waals surface area contributed by atoms with Crippen molar-refractivity contribution in [2.24, 2.45) is 0 Å². The van der Waals surface area contributed by atoms with Gasteiger partial charge in [-0.1, -0.05) is 12.1 Å². The fourth-order valence-electron chi connectivity index (χ4n) is 2.67. The van der Waals surface area contributed by atoms with Crippen molar-refractivity contribution in [2.75, 3.05) is 17.3 Å². The number of pyridine rings is 1. The molecule has 1 aliphatic heterocycles. The first-order valence-corrected chi connectivity index (χ1v) is 7.66. The second-order valence-electron chi connectivity index (χ2n) is 5.88. The van der Waals surface area contributed by atoms with Gasteiger partial charge >= 0.3 is 12.1 Å². The molecule has 26 heavy (non-hydrogen) atoms. The molecule has 0 radical (unpaired) electrons. The fourth-order valence-corrected chi connectivity index (χ4v) is 2.67. The van der Waals surface area contributed by atoms with Gasteiger partial charge in [0.05, 0.1) is 5.56 Å². The van der Waals surface area contributed by atoms with Crippen LogP contribution < -0.4 is 15.5 Å². The molecule has 6 nitrogen and oxygen atoms in total. The molecule has 2 amide bonds. The first-order chi connectivity index (χ1) is 12.2. The molecule has 0 bridgehead atoms. The zero-order chi connectivity index (χ0) is 19.1. The van der Waals surface area contributed by atoms with Crippen LogP contribution in [0.3, 0.4) is 0 Å². The number of nitrogens with zero attached hydrogens (tertiary/aromatic N) is 2. The van der Waals surface area contributed by atoms with E-state index in [0.29, 0.717) is 16.9 Å². The van der Waals surface area contributed by atoms with Gasteiger partial charge in [0, 0.05) is 18.4 Å². The third kappa shape index (κ3) is 3.32. The van der Waals surface area contributed by atoms with Gasteiger partial charge in [0.15, 0.2) is 0 Å². The molecule has 0 saturated carbocycles. The molecule has 2 N–H and O–H groups in total. The lowest BCUT2D eigenvalue weighted by Crippen LogP contribution is -2.45. The topological polar surface area (TPSA) is 74.3 Å². The van der Waals surface area contributed by atoms with Gasteiger partial charge in [-0.15, -0.1) is 0 Å². The summed E-state index contributed by atoms with van der Waals surface area (Å²) in [5.41, 5.74) is 1.85. The van der Waals surface area contributed by atoms with Gasteiger partial charge in [-0.2, -0.15) is 13.2 Å². The van der Waals surface area contributed by atoms with Gasteiger partial charge in [-0.05, 0) is 36.8 Å². The number of carbonyl (C=O) groups excluding carboxylic acids is 2. The Balaban J connectivity index is 1.84. The summed E-state index contributed by atoms with van der Waals surface area (Å²) in [6.07, 6.45) is -5.49. The normalized spacial score (nSPS) is 16.7. The number of hydrogen-bond donors (Lipinski definition) is 2. The first kappa shape index (κ1) is 17.7. The van der Waals surface area contributed by atoms with E-state index in [2.05, 4.69) is 10.3 Å². The number of rotatable bonds is 2. The fraction of sp³-hybridized carbons (Fsp3) is 0.235. The van der Waals surface area contributed by atoms with E-state index in [1.54, 1.807) is 29.4 Å². The minimum Gasteiger partial charge on any atom is -0.335 e. The van der Waals surface area contributed by atoms with Crippen LogP contribution in [-0.2, 0) is 4.79 Å². The SMILES string of the molecule is Cc1ccc2c(n1)N(C)C(c1ccc(NC(=O)C(F)(F)F)cc1)NC2=O. The van der Waals surface area contributed by atoms with E-state index < -0.39 is 18.2 Å². The van der Waals surface area contributed by atoms with Crippen LogP contribution in [0.5, 0.6) is 0 Å². The highest BCUT2D eigenvalue weighted by Gasteiger charge is 2.38. The van der Waals surface area contributed by atoms with E-state index in [4.69, 9.17) is 0 Å². The molecule has 2 aromatic rings. The van der Waals surface area contributed by atoms with Crippen molar-refractivity contribution in [3.63, 3.8) is 0 Å². The number of carbonyl (C=O) groups is 2. The number of aryl methyl sites for hydroxylation is 1. The Morgan fingerprint density at radius 3 is 2.46 bits per heavy atom. The predicted octanol–water partition coefficient (Wildman–Crippen LogP) is 2.77. The number of aromatic nitrogens is 1. The second kappa shape index (κ2) is 6.32. The van der Waals surface area contributed by atoms with Gasteiger partial charge in [0.1, 0.15) is 12.0 Å². The molecule has 1 aromatic carbocycles. The predicted molar refractivity (Wildman–Crippen MR) is 88.7 cm³/mol. The van der Waals surface area contributed by atoms with Crippen LogP contribution in [0.1, 0.15) is 27.8 Å². The molecule has 1 aliphatic rings. The van der Waals surface area contributed by atoms with Crippen molar-refractivity contribution < 1.29 is 22.8 Å². The summed E-state index contributed by atoms with van der Waals surface area (Å²) in [4.78, 5) is 29.4. The van der Waals surface area contributed by atoms with Crippen molar-refractivity contribution in [2.45, 2.75) is 19.3 Å². The van der Waals surface area contributed by atoms with Gasteiger partial charge < -0.3 is 15.5 Å². The van der Waals surface area contributed by atoms with Crippen LogP contribution in [0.2, 0.25) is 0 Å². The Hall–Kier alpha value is -3.10. The van der Waals surface area contributed by atoms with E-state index in [1.807, 2.05) is 6.92 Å². The number of anilines is 2. The highest BCUT2D eigenvalue weighted by atomic mass is 19.4. The molecule has 2 heterocycles. The molecule has 0 saturated heterocycles. The largest absolute Gasteiger partial charge is 0.471 e. The highest BCUT2D eigenvalue weighted by molar-refractivity contribution is 6.01. The number of amides is 2. The maximum Gasteiger partial charge on any atom is 0.471 e. The maximum atomic E-state index is 12.3. The molecule has 0 aliphatic carbocycles. The van der Waals surface area contributed by atoms with Crippen LogP contribution in [-0.4, -0.2) is 30.0 Å². The number of nitrogens with one attached hydrogen (secondary N) is 2. The zero-order valence-corrected chi connectivity index (χ0v) is 13.9. The number of halogens is 3. The summed E-state index contributed by atoms with van der Waals surface area (Å²) in [5, 5.41) is 4.60. The molecule has 136 valence electrons. The lowest BCUT2D eigenvalue weighted by molar-refractivity contribution is -0.167. The van der Waals surface area contributed by atoms with Crippen molar-refractivity contribution in [1.29, 1.82) is 0 Å². The second-order valence-corrected chi connectivity index (χ2v) is 5.88. The molecule has 0 fully saturated rings. The summed E-state index contributed by atoms with van der Waals surface area (Å²) >= 11 is 0. The zero-order valence-electron chi connectivity index (χ0n) is 13.9. The molecule has 3 rings (SSSR count). The maximum absolute atomic E-state index is 12.3. The van der Waals surface area contributed by atoms with Gasteiger partial charge in [0.2, 0.25) is 0 Å². The van der Waals surface area contributed by atoms with Crippen LogP contribution in [0, 0.1) is 6.92 Å². The lowest BCUT2D eigenvalue weighted by atomic mass is 10.1. The van der Waals surface area contributed by atoms with Gasteiger partial charge in [-0.3, -0.25) is 9.59 Å². The van der Waals surface area contributed by atoms with E-state index in [9.17, 15) is 22.8 Å². The Morgan fingerprint density at radius 2 is 1.85 bits per heavy atom. The van der Waals surface area contributed by atoms with E-state index in [0.717, 1.165) is 5.69 Å². The quantitative estimate of drug-likeness (QED) is 0.859. The number of hydrogen-bond acceptors (Lipinski definition) is 4. The minimum absolute atomic E-state index is 0.00948. The van der Waals surface area contributed by atoms with Crippen LogP contribution in [0.15, 0.2) is 36.4 Å². The summed E-state index contributed by atoms with van der Waals surface area (Å²) in [5.74, 6) is -1.81. The third-order valence-corrected chi connectivity index (χ3v) is 3.99. The molecular weight excluding hydrogens is 349 g/mol. The first-order valence-electron chi connectivity index (χ1n) is 7.66. The van der Waals surface area contributed by atoms with Crippen molar-refractivity contribution in [1.82, 2.24) is 10.3 Å². The lowest BCUT2D eigenvalue weighted by Gasteiger charge is -2.35. The molecular formula is C17H15F3N4O2. The smallest absolute Gasteiger partial charge is 0.335 e. The third-order valence-electron chi connectivity index (χ3n) is 3.99. The molecule has 1 atom stereocenters. The van der Waals surface area contributed by atoms with E-state index in [1.165, 1.54) is 24.3 Å². The average molecular weight is 364 g/mol. The summed E-state index contributed by atoms with van der Waals surface area (Å²) in [7, 11) is 1.76. The average Bonchev–Trinajstić information content (AvgIpc) is 2.58. The van der Waals surface area contributed by atoms with Crippen LogP contribution in [0.25, 0.3) is 0 Å². The van der Waals surface area contributed by atoms with Crippen LogP contribution in [0.4, 0.5) is 24.7 Å². The Morgan fingerprint density at radius 1 is 1.19 bits per heavy atom. The van der Waals surface area contributed by atoms with E-state index >= 15 is 0 Å². The van der Waals surface area contributed by atoms with Gasteiger partial charge in [-0.25, -0.2) is 4.98 Å². The molecule has 0 spiro atoms. The number of fused-ring (bicyclic) bond motifs is 1. The van der Waals surface area contributed by atoms with Crippen molar-refractivity contribution in [3.05, 3.63) is 53.2 Å². The van der Waals surface area contributed by atoms with Crippen molar-refractivity contribution in [3.8, 4) is 0 Å². The summed E-state index contributed by atoms with van der Waals surface area (Å²) in [6, 6.07) is 9.19. The number of benzene rings is 1. The molecule has 9 heteroatoms. The highest BCUT2D eigenvalue weighted by Crippen LogP contribution is 2.31. The van der Waals surface area contributed by atoms with E-state index in [-0.39, 0.29) is 11.6 Å². The Labute approximate surface area is 147 Å². The molecule has 1 aromatic heterocycles.